The standard InChI is InChI=1S/C18H17NO2/c1-2-13-7-9-16(10-8-13)21-18-17-6-4-3-5-14(17)11-15(12-20)19-18/h3-11,20H,2,12H2,1H3. The molecule has 0 spiro atoms. The van der Waals surface area contributed by atoms with Crippen LogP contribution < -0.4 is 4.74 Å². The zero-order valence-electron chi connectivity index (χ0n) is 11.9. The number of hydrogen-bond acceptors (Lipinski definition) is 3. The van der Waals surface area contributed by atoms with Gasteiger partial charge in [-0.2, -0.15) is 0 Å². The quantitative estimate of drug-likeness (QED) is 0.782. The van der Waals surface area contributed by atoms with Gasteiger partial charge >= 0.3 is 0 Å². The van der Waals surface area contributed by atoms with E-state index in [1.807, 2.05) is 54.6 Å². The van der Waals surface area contributed by atoms with Crippen molar-refractivity contribution in [3.63, 3.8) is 0 Å². The van der Waals surface area contributed by atoms with Crippen LogP contribution in [0.15, 0.2) is 54.6 Å². The molecule has 0 unspecified atom stereocenters. The summed E-state index contributed by atoms with van der Waals surface area (Å²) in [4.78, 5) is 4.39. The van der Waals surface area contributed by atoms with Crippen LogP contribution in [0.2, 0.25) is 0 Å². The Morgan fingerprint density at radius 2 is 1.81 bits per heavy atom. The maximum atomic E-state index is 9.34. The lowest BCUT2D eigenvalue weighted by Gasteiger charge is -2.10. The first-order valence-corrected chi connectivity index (χ1v) is 7.06. The van der Waals surface area contributed by atoms with Crippen molar-refractivity contribution in [1.29, 1.82) is 0 Å². The van der Waals surface area contributed by atoms with Gasteiger partial charge in [-0.1, -0.05) is 37.3 Å². The number of aliphatic hydroxyl groups is 1. The predicted octanol–water partition coefficient (Wildman–Crippen LogP) is 4.08. The third kappa shape index (κ3) is 2.88. The molecule has 3 nitrogen and oxygen atoms in total. The lowest BCUT2D eigenvalue weighted by molar-refractivity contribution is 0.275. The van der Waals surface area contributed by atoms with E-state index in [2.05, 4.69) is 11.9 Å². The van der Waals surface area contributed by atoms with Crippen LogP contribution in [-0.2, 0) is 13.0 Å². The number of aliphatic hydroxyl groups excluding tert-OH is 1. The minimum absolute atomic E-state index is 0.101. The second kappa shape index (κ2) is 5.94. The van der Waals surface area contributed by atoms with Gasteiger partial charge in [0.05, 0.1) is 12.3 Å². The summed E-state index contributed by atoms with van der Waals surface area (Å²) >= 11 is 0. The Hall–Kier alpha value is -2.39. The van der Waals surface area contributed by atoms with E-state index in [9.17, 15) is 5.11 Å². The van der Waals surface area contributed by atoms with E-state index < -0.39 is 0 Å². The molecule has 0 aliphatic carbocycles. The van der Waals surface area contributed by atoms with E-state index in [4.69, 9.17) is 4.74 Å². The summed E-state index contributed by atoms with van der Waals surface area (Å²) in [5.41, 5.74) is 1.87. The molecule has 21 heavy (non-hydrogen) atoms. The van der Waals surface area contributed by atoms with Crippen molar-refractivity contribution in [3.05, 3.63) is 65.9 Å². The highest BCUT2D eigenvalue weighted by Gasteiger charge is 2.08. The van der Waals surface area contributed by atoms with Crippen molar-refractivity contribution >= 4 is 10.8 Å². The van der Waals surface area contributed by atoms with Crippen molar-refractivity contribution in [3.8, 4) is 11.6 Å². The average Bonchev–Trinajstić information content (AvgIpc) is 2.55. The lowest BCUT2D eigenvalue weighted by atomic mass is 10.1. The molecular formula is C18H17NO2. The van der Waals surface area contributed by atoms with Gasteiger partial charge in [0.15, 0.2) is 0 Å². The minimum atomic E-state index is -0.101. The molecule has 1 aromatic heterocycles. The molecule has 0 amide bonds. The van der Waals surface area contributed by atoms with E-state index in [1.54, 1.807) is 0 Å². The summed E-state index contributed by atoms with van der Waals surface area (Å²) in [5, 5.41) is 11.3. The predicted molar refractivity (Wildman–Crippen MR) is 83.6 cm³/mol. The van der Waals surface area contributed by atoms with Gasteiger partial charge in [0.25, 0.3) is 0 Å². The highest BCUT2D eigenvalue weighted by atomic mass is 16.5. The highest BCUT2D eigenvalue weighted by Crippen LogP contribution is 2.29. The van der Waals surface area contributed by atoms with Crippen molar-refractivity contribution < 1.29 is 9.84 Å². The number of aryl methyl sites for hydroxylation is 1. The number of benzene rings is 2. The van der Waals surface area contributed by atoms with Crippen molar-refractivity contribution in [2.75, 3.05) is 0 Å². The van der Waals surface area contributed by atoms with Crippen LogP contribution in [0.5, 0.6) is 11.6 Å². The summed E-state index contributed by atoms with van der Waals surface area (Å²) in [5.74, 6) is 1.28. The smallest absolute Gasteiger partial charge is 0.227 e. The Morgan fingerprint density at radius 1 is 1.05 bits per heavy atom. The number of aromatic nitrogens is 1. The van der Waals surface area contributed by atoms with Gasteiger partial charge in [0.2, 0.25) is 5.88 Å². The SMILES string of the molecule is CCc1ccc(Oc2nc(CO)cc3ccccc23)cc1. The summed E-state index contributed by atoms with van der Waals surface area (Å²) in [6.07, 6.45) is 1.00. The molecule has 0 fully saturated rings. The van der Waals surface area contributed by atoms with E-state index in [0.29, 0.717) is 11.6 Å². The van der Waals surface area contributed by atoms with E-state index in [0.717, 1.165) is 22.9 Å². The Kier molecular flexibility index (Phi) is 3.84. The Balaban J connectivity index is 2.01. The van der Waals surface area contributed by atoms with E-state index >= 15 is 0 Å². The third-order valence-corrected chi connectivity index (χ3v) is 3.47. The van der Waals surface area contributed by atoms with Crippen LogP contribution >= 0.6 is 0 Å². The maximum Gasteiger partial charge on any atom is 0.227 e. The monoisotopic (exact) mass is 279 g/mol. The first-order chi connectivity index (χ1) is 10.3. The number of nitrogens with zero attached hydrogens (tertiary/aromatic N) is 1. The van der Waals surface area contributed by atoms with Gasteiger partial charge in [-0.05, 0) is 41.6 Å². The zero-order valence-corrected chi connectivity index (χ0v) is 11.9. The van der Waals surface area contributed by atoms with Gasteiger partial charge in [-0.3, -0.25) is 0 Å². The molecule has 0 saturated heterocycles. The van der Waals surface area contributed by atoms with E-state index in [1.165, 1.54) is 5.56 Å². The summed E-state index contributed by atoms with van der Waals surface area (Å²) in [6, 6.07) is 17.7. The molecule has 1 N–H and O–H groups in total. The van der Waals surface area contributed by atoms with Crippen LogP contribution in [0.25, 0.3) is 10.8 Å². The molecule has 2 aromatic carbocycles. The Labute approximate surface area is 123 Å². The topological polar surface area (TPSA) is 42.4 Å². The highest BCUT2D eigenvalue weighted by molar-refractivity contribution is 5.87. The van der Waals surface area contributed by atoms with Crippen LogP contribution in [0.4, 0.5) is 0 Å². The second-order valence-electron chi connectivity index (χ2n) is 4.90. The van der Waals surface area contributed by atoms with Gasteiger partial charge < -0.3 is 9.84 Å². The molecule has 0 aliphatic rings. The maximum absolute atomic E-state index is 9.34. The summed E-state index contributed by atoms with van der Waals surface area (Å²) in [6.45, 7) is 2.02. The van der Waals surface area contributed by atoms with Crippen molar-refractivity contribution in [2.24, 2.45) is 0 Å². The molecule has 0 radical (unpaired) electrons. The van der Waals surface area contributed by atoms with Gasteiger partial charge in [-0.25, -0.2) is 4.98 Å². The van der Waals surface area contributed by atoms with Gasteiger partial charge in [-0.15, -0.1) is 0 Å². The fraction of sp³-hybridized carbons (Fsp3) is 0.167. The number of hydrogen-bond donors (Lipinski definition) is 1. The third-order valence-electron chi connectivity index (χ3n) is 3.47. The second-order valence-corrected chi connectivity index (χ2v) is 4.90. The molecule has 3 aromatic rings. The molecule has 106 valence electrons. The zero-order chi connectivity index (χ0) is 14.7. The number of rotatable bonds is 4. The fourth-order valence-electron chi connectivity index (χ4n) is 2.28. The fourth-order valence-corrected chi connectivity index (χ4v) is 2.28. The van der Waals surface area contributed by atoms with Crippen molar-refractivity contribution in [2.45, 2.75) is 20.0 Å². The number of pyridine rings is 1. The van der Waals surface area contributed by atoms with Crippen LogP contribution in [0.3, 0.4) is 0 Å². The van der Waals surface area contributed by atoms with Crippen LogP contribution in [-0.4, -0.2) is 10.1 Å². The molecule has 3 heteroatoms. The molecule has 0 atom stereocenters. The largest absolute Gasteiger partial charge is 0.438 e. The van der Waals surface area contributed by atoms with E-state index in [-0.39, 0.29) is 6.61 Å². The lowest BCUT2D eigenvalue weighted by Crippen LogP contribution is -1.95. The molecule has 0 aliphatic heterocycles. The van der Waals surface area contributed by atoms with Crippen LogP contribution in [0, 0.1) is 0 Å². The number of fused-ring (bicyclic) bond motifs is 1. The summed E-state index contributed by atoms with van der Waals surface area (Å²) in [7, 11) is 0. The first kappa shape index (κ1) is 13.6. The Morgan fingerprint density at radius 3 is 2.52 bits per heavy atom. The summed E-state index contributed by atoms with van der Waals surface area (Å²) < 4.78 is 5.91. The number of ether oxygens (including phenoxy) is 1. The Bertz CT molecular complexity index is 751. The minimum Gasteiger partial charge on any atom is -0.438 e. The van der Waals surface area contributed by atoms with Crippen LogP contribution in [0.1, 0.15) is 18.2 Å². The normalized spacial score (nSPS) is 10.8. The average molecular weight is 279 g/mol. The van der Waals surface area contributed by atoms with Gasteiger partial charge in [0, 0.05) is 5.39 Å². The molecular weight excluding hydrogens is 262 g/mol. The van der Waals surface area contributed by atoms with Crippen molar-refractivity contribution in [1.82, 2.24) is 4.98 Å². The molecule has 3 rings (SSSR count). The molecule has 1 heterocycles. The first-order valence-electron chi connectivity index (χ1n) is 7.06. The molecule has 0 bridgehead atoms. The molecule has 0 saturated carbocycles. The van der Waals surface area contributed by atoms with Gasteiger partial charge in [0.1, 0.15) is 5.75 Å².